The van der Waals surface area contributed by atoms with Crippen molar-refractivity contribution in [2.45, 2.75) is 32.9 Å². The van der Waals surface area contributed by atoms with Crippen molar-refractivity contribution in [3.05, 3.63) is 65.7 Å². The van der Waals surface area contributed by atoms with Gasteiger partial charge in [0.1, 0.15) is 11.8 Å². The Morgan fingerprint density at radius 1 is 1.04 bits per heavy atom. The number of hydrogen-bond donors (Lipinski definition) is 2. The van der Waals surface area contributed by atoms with Crippen molar-refractivity contribution in [1.29, 1.82) is 0 Å². The summed E-state index contributed by atoms with van der Waals surface area (Å²) >= 11 is 0. The van der Waals surface area contributed by atoms with Crippen molar-refractivity contribution in [2.75, 3.05) is 7.05 Å². The van der Waals surface area contributed by atoms with E-state index in [0.717, 1.165) is 5.56 Å². The lowest BCUT2D eigenvalue weighted by atomic mass is 10.0. The molecule has 2 rings (SSSR count). The molecule has 2 aromatic carbocycles. The van der Waals surface area contributed by atoms with Gasteiger partial charge in [-0.2, -0.15) is 0 Å². The van der Waals surface area contributed by atoms with Gasteiger partial charge in [0.15, 0.2) is 0 Å². The lowest BCUT2D eigenvalue weighted by Crippen LogP contribution is -2.50. The number of likely N-dealkylation sites (N-methyl/N-ethyl adjacent to an activating group) is 1. The zero-order valence-electron chi connectivity index (χ0n) is 15.5. The van der Waals surface area contributed by atoms with Gasteiger partial charge in [0, 0.05) is 19.2 Å². The predicted octanol–water partition coefficient (Wildman–Crippen LogP) is 2.73. The Morgan fingerprint density at radius 2 is 1.65 bits per heavy atom. The van der Waals surface area contributed by atoms with E-state index in [-0.39, 0.29) is 36.4 Å². The molecule has 0 bridgehead atoms. The number of carbonyl (C=O) groups is 2. The summed E-state index contributed by atoms with van der Waals surface area (Å²) < 4.78 is 0. The van der Waals surface area contributed by atoms with Crippen molar-refractivity contribution >= 4 is 11.8 Å². The molecule has 0 spiro atoms. The van der Waals surface area contributed by atoms with Crippen LogP contribution in [-0.4, -0.2) is 34.9 Å². The molecule has 138 valence electrons. The van der Waals surface area contributed by atoms with Gasteiger partial charge >= 0.3 is 0 Å². The lowest BCUT2D eigenvalue weighted by molar-refractivity contribution is -0.136. The monoisotopic (exact) mass is 354 g/mol. The summed E-state index contributed by atoms with van der Waals surface area (Å²) in [5.74, 6) is -0.251. The highest BCUT2D eigenvalue weighted by Gasteiger charge is 2.27. The van der Waals surface area contributed by atoms with Crippen LogP contribution in [0.1, 0.15) is 25.0 Å². The van der Waals surface area contributed by atoms with Crippen LogP contribution in [0.15, 0.2) is 54.6 Å². The molecule has 26 heavy (non-hydrogen) atoms. The number of nitrogens with one attached hydrogen (secondary N) is 1. The number of nitrogens with zero attached hydrogens (tertiary/aromatic N) is 1. The highest BCUT2D eigenvalue weighted by molar-refractivity contribution is 5.88. The zero-order chi connectivity index (χ0) is 19.1. The van der Waals surface area contributed by atoms with Gasteiger partial charge in [-0.15, -0.1) is 0 Å². The largest absolute Gasteiger partial charge is 0.508 e. The minimum absolute atomic E-state index is 0.0472. The Kier molecular flexibility index (Phi) is 6.78. The van der Waals surface area contributed by atoms with E-state index in [1.807, 2.05) is 50.2 Å². The van der Waals surface area contributed by atoms with E-state index in [1.54, 1.807) is 25.2 Å². The maximum absolute atomic E-state index is 12.8. The molecule has 5 nitrogen and oxygen atoms in total. The van der Waals surface area contributed by atoms with Crippen LogP contribution in [0, 0.1) is 5.92 Å². The summed E-state index contributed by atoms with van der Waals surface area (Å²) in [5.41, 5.74) is 1.57. The minimum atomic E-state index is -0.609. The predicted molar refractivity (Wildman–Crippen MR) is 101 cm³/mol. The molecule has 2 N–H and O–H groups in total. The number of aromatic hydroxyl groups is 1. The molecule has 0 saturated carbocycles. The van der Waals surface area contributed by atoms with Gasteiger partial charge in [0.25, 0.3) is 0 Å². The number of para-hydroxylation sites is 1. The van der Waals surface area contributed by atoms with E-state index in [0.29, 0.717) is 5.56 Å². The van der Waals surface area contributed by atoms with Crippen LogP contribution in [0.5, 0.6) is 5.75 Å². The molecule has 0 aliphatic heterocycles. The molecular formula is C21H26N2O3. The maximum Gasteiger partial charge on any atom is 0.245 e. The molecule has 2 aromatic rings. The molecular weight excluding hydrogens is 328 g/mol. The highest BCUT2D eigenvalue weighted by Crippen LogP contribution is 2.18. The third-order valence-corrected chi connectivity index (χ3v) is 4.23. The van der Waals surface area contributed by atoms with Crippen LogP contribution >= 0.6 is 0 Å². The first-order valence-electron chi connectivity index (χ1n) is 8.73. The Hall–Kier alpha value is -2.82. The smallest absolute Gasteiger partial charge is 0.245 e. The second kappa shape index (κ2) is 9.04. The third-order valence-electron chi connectivity index (χ3n) is 4.23. The number of benzene rings is 2. The number of phenols is 1. The minimum Gasteiger partial charge on any atom is -0.508 e. The third kappa shape index (κ3) is 5.34. The summed E-state index contributed by atoms with van der Waals surface area (Å²) in [6.45, 7) is 4.08. The molecule has 0 aliphatic carbocycles. The molecule has 0 aromatic heterocycles. The van der Waals surface area contributed by atoms with Crippen LogP contribution in [-0.2, 0) is 22.6 Å². The molecule has 2 amide bonds. The van der Waals surface area contributed by atoms with Gasteiger partial charge in [-0.05, 0) is 17.5 Å². The summed E-state index contributed by atoms with van der Waals surface area (Å²) in [6, 6.07) is 15.7. The molecule has 0 heterocycles. The maximum atomic E-state index is 12.8. The molecule has 1 atom stereocenters. The van der Waals surface area contributed by atoms with Gasteiger partial charge in [-0.25, -0.2) is 0 Å². The van der Waals surface area contributed by atoms with Crippen molar-refractivity contribution in [3.8, 4) is 5.75 Å². The first-order chi connectivity index (χ1) is 12.4. The van der Waals surface area contributed by atoms with Crippen LogP contribution in [0.2, 0.25) is 0 Å². The molecule has 5 heteroatoms. The van der Waals surface area contributed by atoms with Crippen molar-refractivity contribution < 1.29 is 14.7 Å². The van der Waals surface area contributed by atoms with Gasteiger partial charge in [-0.3, -0.25) is 9.59 Å². The molecule has 0 radical (unpaired) electrons. The number of amides is 2. The topological polar surface area (TPSA) is 69.6 Å². The Morgan fingerprint density at radius 3 is 2.27 bits per heavy atom. The van der Waals surface area contributed by atoms with Gasteiger partial charge in [0.2, 0.25) is 11.8 Å². The van der Waals surface area contributed by atoms with Gasteiger partial charge < -0.3 is 15.3 Å². The summed E-state index contributed by atoms with van der Waals surface area (Å²) in [6.07, 6.45) is 0.237. The fourth-order valence-electron chi connectivity index (χ4n) is 2.73. The number of rotatable bonds is 7. The van der Waals surface area contributed by atoms with Crippen molar-refractivity contribution in [1.82, 2.24) is 10.2 Å². The summed E-state index contributed by atoms with van der Waals surface area (Å²) in [4.78, 5) is 26.7. The number of phenolic OH excluding ortho intramolecular Hbond substituents is 1. The van der Waals surface area contributed by atoms with E-state index >= 15 is 0 Å². The van der Waals surface area contributed by atoms with Crippen LogP contribution in [0.3, 0.4) is 0 Å². The SMILES string of the molecule is CC(C)C(NC(=O)Cc1ccccc1)C(=O)N(C)Cc1ccccc1O. The molecule has 0 fully saturated rings. The van der Waals surface area contributed by atoms with Crippen LogP contribution in [0.4, 0.5) is 0 Å². The van der Waals surface area contributed by atoms with Crippen LogP contribution in [0.25, 0.3) is 0 Å². The molecule has 1 unspecified atom stereocenters. The van der Waals surface area contributed by atoms with E-state index in [2.05, 4.69) is 5.32 Å². The Bertz CT molecular complexity index is 744. The first-order valence-corrected chi connectivity index (χ1v) is 8.73. The normalized spacial score (nSPS) is 11.8. The zero-order valence-corrected chi connectivity index (χ0v) is 15.5. The second-order valence-corrected chi connectivity index (χ2v) is 6.77. The van der Waals surface area contributed by atoms with Crippen LogP contribution < -0.4 is 5.32 Å². The quantitative estimate of drug-likeness (QED) is 0.803. The fourth-order valence-corrected chi connectivity index (χ4v) is 2.73. The molecule has 0 saturated heterocycles. The van der Waals surface area contributed by atoms with E-state index in [4.69, 9.17) is 0 Å². The van der Waals surface area contributed by atoms with Gasteiger partial charge in [0.05, 0.1) is 6.42 Å². The fraction of sp³-hybridized carbons (Fsp3) is 0.333. The average molecular weight is 354 g/mol. The summed E-state index contributed by atoms with van der Waals surface area (Å²) in [5, 5.41) is 12.7. The average Bonchev–Trinajstić information content (AvgIpc) is 2.61. The molecule has 0 aliphatic rings. The Balaban J connectivity index is 2.02. The van der Waals surface area contributed by atoms with Crippen molar-refractivity contribution in [2.24, 2.45) is 5.92 Å². The highest BCUT2D eigenvalue weighted by atomic mass is 16.3. The van der Waals surface area contributed by atoms with Crippen molar-refractivity contribution in [3.63, 3.8) is 0 Å². The number of carbonyl (C=O) groups excluding carboxylic acids is 2. The van der Waals surface area contributed by atoms with Gasteiger partial charge in [-0.1, -0.05) is 62.4 Å². The first kappa shape index (κ1) is 19.5. The van der Waals surface area contributed by atoms with E-state index < -0.39 is 6.04 Å². The Labute approximate surface area is 154 Å². The number of hydrogen-bond acceptors (Lipinski definition) is 3. The lowest BCUT2D eigenvalue weighted by Gasteiger charge is -2.27. The standard InChI is InChI=1S/C21H26N2O3/c1-15(2)20(22-19(25)13-16-9-5-4-6-10-16)21(26)23(3)14-17-11-7-8-12-18(17)24/h4-12,15,20,24H,13-14H2,1-3H3,(H,22,25). The second-order valence-electron chi connectivity index (χ2n) is 6.77. The summed E-state index contributed by atoms with van der Waals surface area (Å²) in [7, 11) is 1.67. The van der Waals surface area contributed by atoms with E-state index in [1.165, 1.54) is 4.90 Å². The van der Waals surface area contributed by atoms with E-state index in [9.17, 15) is 14.7 Å².